The van der Waals surface area contributed by atoms with E-state index in [1.54, 1.807) is 19.1 Å². The predicted octanol–water partition coefficient (Wildman–Crippen LogP) is 3.65. The van der Waals surface area contributed by atoms with Gasteiger partial charge in [0, 0.05) is 17.0 Å². The molecule has 3 heteroatoms. The molecule has 2 aromatic carbocycles. The minimum atomic E-state index is 0.113. The summed E-state index contributed by atoms with van der Waals surface area (Å²) in [6.07, 6.45) is 0.615. The lowest BCUT2D eigenvalue weighted by atomic mass is 10.0. The zero-order valence-corrected chi connectivity index (χ0v) is 10.2. The van der Waals surface area contributed by atoms with E-state index in [1.165, 1.54) is 0 Å². The Kier molecular flexibility index (Phi) is 3.25. The summed E-state index contributed by atoms with van der Waals surface area (Å²) < 4.78 is 0. The second-order valence-electron chi connectivity index (χ2n) is 4.02. The Balaban J connectivity index is 2.30. The standard InChI is InChI=1S/C14H13ClO2/c1-9-13(16)7-4-11(14(9)17)8-10-2-5-12(15)6-3-10/h2-7,16-17H,8H2,1H3. The number of phenols is 2. The maximum Gasteiger partial charge on any atom is 0.125 e. The molecule has 2 nitrogen and oxygen atoms in total. The molecule has 2 N–H and O–H groups in total. The molecule has 0 saturated carbocycles. The normalized spacial score (nSPS) is 10.5. The molecular formula is C14H13ClO2. The molecule has 0 bridgehead atoms. The second-order valence-corrected chi connectivity index (χ2v) is 4.46. The summed E-state index contributed by atoms with van der Waals surface area (Å²) in [6.45, 7) is 1.69. The molecule has 0 heterocycles. The quantitative estimate of drug-likeness (QED) is 0.852. The Hall–Kier alpha value is -1.67. The molecule has 2 aromatic rings. The van der Waals surface area contributed by atoms with Crippen molar-refractivity contribution in [3.63, 3.8) is 0 Å². The minimum Gasteiger partial charge on any atom is -0.508 e. The molecule has 0 aromatic heterocycles. The summed E-state index contributed by atoms with van der Waals surface area (Å²) in [5.41, 5.74) is 2.37. The molecular weight excluding hydrogens is 236 g/mol. The van der Waals surface area contributed by atoms with Gasteiger partial charge in [-0.1, -0.05) is 29.8 Å². The number of rotatable bonds is 2. The first-order valence-corrected chi connectivity index (χ1v) is 5.70. The molecule has 0 spiro atoms. The number of phenolic OH excluding ortho intramolecular Hbond substituents is 2. The van der Waals surface area contributed by atoms with Crippen LogP contribution in [0.2, 0.25) is 5.02 Å². The number of aromatic hydroxyl groups is 2. The van der Waals surface area contributed by atoms with Crippen LogP contribution >= 0.6 is 11.6 Å². The van der Waals surface area contributed by atoms with Gasteiger partial charge in [0.15, 0.2) is 0 Å². The van der Waals surface area contributed by atoms with Gasteiger partial charge in [0.25, 0.3) is 0 Å². The smallest absolute Gasteiger partial charge is 0.125 e. The predicted molar refractivity (Wildman–Crippen MR) is 68.8 cm³/mol. The van der Waals surface area contributed by atoms with E-state index in [-0.39, 0.29) is 11.5 Å². The highest BCUT2D eigenvalue weighted by Crippen LogP contribution is 2.30. The summed E-state index contributed by atoms with van der Waals surface area (Å²) in [5.74, 6) is 0.266. The van der Waals surface area contributed by atoms with Gasteiger partial charge >= 0.3 is 0 Å². The van der Waals surface area contributed by atoms with Gasteiger partial charge in [-0.3, -0.25) is 0 Å². The lowest BCUT2D eigenvalue weighted by Crippen LogP contribution is -1.90. The van der Waals surface area contributed by atoms with Crippen molar-refractivity contribution in [2.24, 2.45) is 0 Å². The van der Waals surface area contributed by atoms with E-state index in [0.717, 1.165) is 11.1 Å². The van der Waals surface area contributed by atoms with Crippen LogP contribution in [0.4, 0.5) is 0 Å². The zero-order valence-electron chi connectivity index (χ0n) is 9.44. The maximum atomic E-state index is 9.91. The third-order valence-corrected chi connectivity index (χ3v) is 3.05. The number of halogens is 1. The van der Waals surface area contributed by atoms with Crippen LogP contribution in [0.15, 0.2) is 36.4 Å². The molecule has 0 aliphatic heterocycles. The average molecular weight is 249 g/mol. The van der Waals surface area contributed by atoms with Crippen LogP contribution in [0.1, 0.15) is 16.7 Å². The van der Waals surface area contributed by atoms with E-state index < -0.39 is 0 Å². The molecule has 0 unspecified atom stereocenters. The van der Waals surface area contributed by atoms with E-state index in [4.69, 9.17) is 11.6 Å². The molecule has 88 valence electrons. The van der Waals surface area contributed by atoms with E-state index in [1.807, 2.05) is 24.3 Å². The fourth-order valence-electron chi connectivity index (χ4n) is 1.71. The maximum absolute atomic E-state index is 9.91. The van der Waals surface area contributed by atoms with Crippen LogP contribution in [0.5, 0.6) is 11.5 Å². The summed E-state index contributed by atoms with van der Waals surface area (Å²) in [4.78, 5) is 0. The Morgan fingerprint density at radius 1 is 1.00 bits per heavy atom. The summed E-state index contributed by atoms with van der Waals surface area (Å²) in [6, 6.07) is 10.8. The van der Waals surface area contributed by atoms with Crippen molar-refractivity contribution in [1.82, 2.24) is 0 Å². The second kappa shape index (κ2) is 4.68. The van der Waals surface area contributed by atoms with Crippen molar-refractivity contribution >= 4 is 11.6 Å². The van der Waals surface area contributed by atoms with Crippen LogP contribution < -0.4 is 0 Å². The van der Waals surface area contributed by atoms with Crippen LogP contribution in [-0.2, 0) is 6.42 Å². The highest BCUT2D eigenvalue weighted by atomic mass is 35.5. The van der Waals surface area contributed by atoms with Crippen LogP contribution in [0.25, 0.3) is 0 Å². The molecule has 0 atom stereocenters. The van der Waals surface area contributed by atoms with E-state index >= 15 is 0 Å². The lowest BCUT2D eigenvalue weighted by molar-refractivity contribution is 0.439. The van der Waals surface area contributed by atoms with Gasteiger partial charge in [-0.2, -0.15) is 0 Å². The van der Waals surface area contributed by atoms with Crippen molar-refractivity contribution in [3.05, 3.63) is 58.1 Å². The Labute approximate surface area is 105 Å². The molecule has 0 saturated heterocycles. The van der Waals surface area contributed by atoms with E-state index in [0.29, 0.717) is 17.0 Å². The van der Waals surface area contributed by atoms with Gasteiger partial charge in [0.2, 0.25) is 0 Å². The third kappa shape index (κ3) is 2.53. The van der Waals surface area contributed by atoms with Crippen molar-refractivity contribution in [1.29, 1.82) is 0 Å². The number of hydrogen-bond acceptors (Lipinski definition) is 2. The first kappa shape index (κ1) is 11.8. The van der Waals surface area contributed by atoms with Gasteiger partial charge < -0.3 is 10.2 Å². The van der Waals surface area contributed by atoms with Crippen molar-refractivity contribution < 1.29 is 10.2 Å². The molecule has 0 radical (unpaired) electrons. The first-order chi connectivity index (χ1) is 8.08. The molecule has 0 fully saturated rings. The topological polar surface area (TPSA) is 40.5 Å². The van der Waals surface area contributed by atoms with Crippen LogP contribution in [0.3, 0.4) is 0 Å². The summed E-state index contributed by atoms with van der Waals surface area (Å²) >= 11 is 5.81. The molecule has 0 amide bonds. The minimum absolute atomic E-state index is 0.113. The Bertz CT molecular complexity index is 533. The van der Waals surface area contributed by atoms with Gasteiger partial charge in [-0.05, 0) is 36.2 Å². The van der Waals surface area contributed by atoms with Crippen molar-refractivity contribution in [2.45, 2.75) is 13.3 Å². The van der Waals surface area contributed by atoms with E-state index in [9.17, 15) is 10.2 Å². The largest absolute Gasteiger partial charge is 0.508 e. The Morgan fingerprint density at radius 3 is 2.29 bits per heavy atom. The lowest BCUT2D eigenvalue weighted by Gasteiger charge is -2.08. The molecule has 2 rings (SSSR count). The fraction of sp³-hybridized carbons (Fsp3) is 0.143. The SMILES string of the molecule is Cc1c(O)ccc(Cc2ccc(Cl)cc2)c1O. The highest BCUT2D eigenvalue weighted by Gasteiger charge is 2.08. The summed E-state index contributed by atoms with van der Waals surface area (Å²) in [7, 11) is 0. The van der Waals surface area contributed by atoms with Crippen molar-refractivity contribution in [3.8, 4) is 11.5 Å². The van der Waals surface area contributed by atoms with E-state index in [2.05, 4.69) is 0 Å². The average Bonchev–Trinajstić information content (AvgIpc) is 2.33. The van der Waals surface area contributed by atoms with Crippen LogP contribution in [0, 0.1) is 6.92 Å². The monoisotopic (exact) mass is 248 g/mol. The summed E-state index contributed by atoms with van der Waals surface area (Å²) in [5, 5.41) is 20.1. The molecule has 0 aliphatic carbocycles. The number of benzene rings is 2. The Morgan fingerprint density at radius 2 is 1.65 bits per heavy atom. The molecule has 0 aliphatic rings. The molecule has 17 heavy (non-hydrogen) atoms. The van der Waals surface area contributed by atoms with Gasteiger partial charge in [-0.25, -0.2) is 0 Å². The first-order valence-electron chi connectivity index (χ1n) is 5.33. The van der Waals surface area contributed by atoms with Crippen molar-refractivity contribution in [2.75, 3.05) is 0 Å². The number of hydrogen-bond donors (Lipinski definition) is 2. The van der Waals surface area contributed by atoms with Crippen LogP contribution in [-0.4, -0.2) is 10.2 Å². The highest BCUT2D eigenvalue weighted by molar-refractivity contribution is 6.30. The zero-order chi connectivity index (χ0) is 12.4. The third-order valence-electron chi connectivity index (χ3n) is 2.79. The van der Waals surface area contributed by atoms with Gasteiger partial charge in [-0.15, -0.1) is 0 Å². The van der Waals surface area contributed by atoms with Gasteiger partial charge in [0.05, 0.1) is 0 Å². The fourth-order valence-corrected chi connectivity index (χ4v) is 1.84. The van der Waals surface area contributed by atoms with Gasteiger partial charge in [0.1, 0.15) is 11.5 Å².